The Hall–Kier alpha value is -2.10. The van der Waals surface area contributed by atoms with Gasteiger partial charge in [-0.2, -0.15) is 0 Å². The minimum absolute atomic E-state index is 0.0457. The standard InChI is InChI=1S/C15H18N2O2/c1-11(18)16-13-8-5-9-14(10-13)17-15(19)12-6-3-2-4-7-12/h2-3,5,8-10,12H,4,6-7H2,1H3,(H,16,18)(H,17,19). The number of carbonyl (C=O) groups is 2. The van der Waals surface area contributed by atoms with Crippen molar-refractivity contribution >= 4 is 23.2 Å². The topological polar surface area (TPSA) is 58.2 Å². The lowest BCUT2D eigenvalue weighted by Gasteiger charge is -2.17. The summed E-state index contributed by atoms with van der Waals surface area (Å²) < 4.78 is 0. The minimum atomic E-state index is -0.124. The summed E-state index contributed by atoms with van der Waals surface area (Å²) >= 11 is 0. The van der Waals surface area contributed by atoms with E-state index in [2.05, 4.69) is 22.8 Å². The monoisotopic (exact) mass is 258 g/mol. The predicted molar refractivity (Wildman–Crippen MR) is 75.9 cm³/mol. The Labute approximate surface area is 112 Å². The van der Waals surface area contributed by atoms with Crippen molar-refractivity contribution in [1.29, 1.82) is 0 Å². The van der Waals surface area contributed by atoms with Crippen LogP contribution in [0.3, 0.4) is 0 Å². The fourth-order valence-electron chi connectivity index (χ4n) is 2.15. The van der Waals surface area contributed by atoms with Crippen molar-refractivity contribution in [1.82, 2.24) is 0 Å². The molecule has 1 aromatic carbocycles. The van der Waals surface area contributed by atoms with Crippen LogP contribution in [0.5, 0.6) is 0 Å². The number of benzene rings is 1. The molecule has 4 nitrogen and oxygen atoms in total. The van der Waals surface area contributed by atoms with Crippen LogP contribution in [-0.2, 0) is 9.59 Å². The average Bonchev–Trinajstić information content (AvgIpc) is 2.39. The Bertz CT molecular complexity index is 509. The van der Waals surface area contributed by atoms with E-state index >= 15 is 0 Å². The van der Waals surface area contributed by atoms with Crippen LogP contribution in [0.15, 0.2) is 36.4 Å². The first-order valence-corrected chi connectivity index (χ1v) is 6.48. The van der Waals surface area contributed by atoms with Gasteiger partial charge in [0.05, 0.1) is 0 Å². The molecule has 1 aromatic rings. The summed E-state index contributed by atoms with van der Waals surface area (Å²) in [5, 5.41) is 5.60. The van der Waals surface area contributed by atoms with E-state index in [1.807, 2.05) is 12.1 Å². The molecule has 0 saturated carbocycles. The molecule has 0 aromatic heterocycles. The Kier molecular flexibility index (Phi) is 4.34. The number of hydrogen-bond acceptors (Lipinski definition) is 2. The van der Waals surface area contributed by atoms with Crippen LogP contribution >= 0.6 is 0 Å². The average molecular weight is 258 g/mol. The van der Waals surface area contributed by atoms with Gasteiger partial charge in [0.15, 0.2) is 0 Å². The van der Waals surface area contributed by atoms with Crippen LogP contribution in [0.25, 0.3) is 0 Å². The van der Waals surface area contributed by atoms with E-state index in [9.17, 15) is 9.59 Å². The van der Waals surface area contributed by atoms with E-state index in [1.54, 1.807) is 12.1 Å². The molecule has 0 bridgehead atoms. The van der Waals surface area contributed by atoms with Gasteiger partial charge < -0.3 is 10.6 Å². The lowest BCUT2D eigenvalue weighted by Crippen LogP contribution is -2.23. The molecule has 1 unspecified atom stereocenters. The smallest absolute Gasteiger partial charge is 0.227 e. The molecular weight excluding hydrogens is 240 g/mol. The molecule has 100 valence electrons. The van der Waals surface area contributed by atoms with Crippen LogP contribution in [0.1, 0.15) is 26.2 Å². The number of carbonyl (C=O) groups excluding carboxylic acids is 2. The second-order valence-electron chi connectivity index (χ2n) is 4.73. The van der Waals surface area contributed by atoms with Gasteiger partial charge in [-0.1, -0.05) is 18.2 Å². The summed E-state index contributed by atoms with van der Waals surface area (Å²) in [7, 11) is 0. The second-order valence-corrected chi connectivity index (χ2v) is 4.73. The third-order valence-electron chi connectivity index (χ3n) is 3.09. The maximum Gasteiger partial charge on any atom is 0.227 e. The molecule has 0 heterocycles. The zero-order valence-electron chi connectivity index (χ0n) is 11.0. The van der Waals surface area contributed by atoms with Gasteiger partial charge in [0.25, 0.3) is 0 Å². The zero-order chi connectivity index (χ0) is 13.7. The molecule has 19 heavy (non-hydrogen) atoms. The van der Waals surface area contributed by atoms with Crippen molar-refractivity contribution in [2.24, 2.45) is 5.92 Å². The molecule has 2 amide bonds. The van der Waals surface area contributed by atoms with Gasteiger partial charge in [0.2, 0.25) is 11.8 Å². The maximum atomic E-state index is 12.1. The van der Waals surface area contributed by atoms with E-state index in [-0.39, 0.29) is 17.7 Å². The van der Waals surface area contributed by atoms with Gasteiger partial charge in [-0.15, -0.1) is 0 Å². The Morgan fingerprint density at radius 2 is 1.89 bits per heavy atom. The Morgan fingerprint density at radius 3 is 2.53 bits per heavy atom. The Morgan fingerprint density at radius 1 is 1.16 bits per heavy atom. The fourth-order valence-corrected chi connectivity index (χ4v) is 2.15. The molecule has 0 aliphatic heterocycles. The molecule has 1 aliphatic carbocycles. The summed E-state index contributed by atoms with van der Waals surface area (Å²) in [5.74, 6) is -0.0281. The molecule has 0 spiro atoms. The van der Waals surface area contributed by atoms with E-state index in [4.69, 9.17) is 0 Å². The van der Waals surface area contributed by atoms with Gasteiger partial charge in [-0.25, -0.2) is 0 Å². The third kappa shape index (κ3) is 3.95. The molecule has 0 radical (unpaired) electrons. The number of allylic oxidation sites excluding steroid dienone is 2. The number of hydrogen-bond donors (Lipinski definition) is 2. The third-order valence-corrected chi connectivity index (χ3v) is 3.09. The lowest BCUT2D eigenvalue weighted by molar-refractivity contribution is -0.120. The van der Waals surface area contributed by atoms with E-state index in [0.717, 1.165) is 19.3 Å². The lowest BCUT2D eigenvalue weighted by atomic mass is 9.93. The molecule has 0 fully saturated rings. The number of anilines is 2. The van der Waals surface area contributed by atoms with Crippen LogP contribution in [0.4, 0.5) is 11.4 Å². The summed E-state index contributed by atoms with van der Waals surface area (Å²) in [4.78, 5) is 23.1. The highest BCUT2D eigenvalue weighted by molar-refractivity contribution is 5.94. The Balaban J connectivity index is 2.00. The highest BCUT2D eigenvalue weighted by atomic mass is 16.2. The van der Waals surface area contributed by atoms with Gasteiger partial charge in [-0.05, 0) is 37.5 Å². The van der Waals surface area contributed by atoms with Gasteiger partial charge in [0.1, 0.15) is 0 Å². The van der Waals surface area contributed by atoms with E-state index in [1.165, 1.54) is 6.92 Å². The second kappa shape index (κ2) is 6.18. The van der Waals surface area contributed by atoms with Crippen molar-refractivity contribution in [3.8, 4) is 0 Å². The SMILES string of the molecule is CC(=O)Nc1cccc(NC(=O)C2CC=CCC2)c1. The van der Waals surface area contributed by atoms with Crippen molar-refractivity contribution < 1.29 is 9.59 Å². The molecule has 0 saturated heterocycles. The van der Waals surface area contributed by atoms with Gasteiger partial charge in [-0.3, -0.25) is 9.59 Å². The quantitative estimate of drug-likeness (QED) is 0.819. The highest BCUT2D eigenvalue weighted by Gasteiger charge is 2.18. The van der Waals surface area contributed by atoms with Crippen molar-refractivity contribution in [2.75, 3.05) is 10.6 Å². The molecule has 1 aliphatic rings. The van der Waals surface area contributed by atoms with E-state index < -0.39 is 0 Å². The first-order valence-electron chi connectivity index (χ1n) is 6.48. The predicted octanol–water partition coefficient (Wildman–Crippen LogP) is 2.94. The van der Waals surface area contributed by atoms with Crippen LogP contribution in [-0.4, -0.2) is 11.8 Å². The molecule has 2 N–H and O–H groups in total. The summed E-state index contributed by atoms with van der Waals surface area (Å²) in [6.45, 7) is 1.46. The molecule has 2 rings (SSSR count). The maximum absolute atomic E-state index is 12.1. The first kappa shape index (κ1) is 13.3. The van der Waals surface area contributed by atoms with Crippen molar-refractivity contribution in [3.63, 3.8) is 0 Å². The number of rotatable bonds is 3. The van der Waals surface area contributed by atoms with Gasteiger partial charge >= 0.3 is 0 Å². The highest BCUT2D eigenvalue weighted by Crippen LogP contribution is 2.21. The fraction of sp³-hybridized carbons (Fsp3) is 0.333. The molecule has 4 heteroatoms. The summed E-state index contributed by atoms with van der Waals surface area (Å²) in [5.41, 5.74) is 1.40. The van der Waals surface area contributed by atoms with Crippen LogP contribution in [0, 0.1) is 5.92 Å². The zero-order valence-corrected chi connectivity index (χ0v) is 11.0. The molecular formula is C15H18N2O2. The van der Waals surface area contributed by atoms with Crippen LogP contribution in [0.2, 0.25) is 0 Å². The molecule has 1 atom stereocenters. The normalized spacial score (nSPS) is 17.8. The minimum Gasteiger partial charge on any atom is -0.326 e. The van der Waals surface area contributed by atoms with Crippen LogP contribution < -0.4 is 10.6 Å². The van der Waals surface area contributed by atoms with E-state index in [0.29, 0.717) is 11.4 Å². The van der Waals surface area contributed by atoms with Gasteiger partial charge in [0, 0.05) is 24.2 Å². The largest absolute Gasteiger partial charge is 0.326 e. The number of nitrogens with one attached hydrogen (secondary N) is 2. The van der Waals surface area contributed by atoms with Crippen molar-refractivity contribution in [3.05, 3.63) is 36.4 Å². The summed E-state index contributed by atoms with van der Waals surface area (Å²) in [6, 6.07) is 7.18. The van der Waals surface area contributed by atoms with Crippen molar-refractivity contribution in [2.45, 2.75) is 26.2 Å². The first-order chi connectivity index (χ1) is 9.15. The summed E-state index contributed by atoms with van der Waals surface area (Å²) in [6.07, 6.45) is 6.83. The number of amides is 2.